The number of nitro groups is 1. The molecule has 0 amide bonds. The zero-order chi connectivity index (χ0) is 21.1. The molecule has 1 saturated carbocycles. The van der Waals surface area contributed by atoms with Gasteiger partial charge in [0.05, 0.1) is 16.2 Å². The van der Waals surface area contributed by atoms with E-state index in [0.717, 1.165) is 37.7 Å². The summed E-state index contributed by atoms with van der Waals surface area (Å²) < 4.78 is 1.31. The number of non-ortho nitro benzene ring substituents is 1. The van der Waals surface area contributed by atoms with Crippen LogP contribution < -0.4 is 5.56 Å². The number of nitrogens with zero attached hydrogens (tertiary/aromatic N) is 4. The molecule has 1 aromatic heterocycles. The van der Waals surface area contributed by atoms with Crippen molar-refractivity contribution < 1.29 is 10.0 Å². The molecule has 1 aliphatic rings. The topological polar surface area (TPSA) is 122 Å². The van der Waals surface area contributed by atoms with Crippen molar-refractivity contribution in [2.75, 3.05) is 0 Å². The Morgan fingerprint density at radius 2 is 2.00 bits per heavy atom. The highest BCUT2D eigenvalue weighted by Gasteiger charge is 2.25. The van der Waals surface area contributed by atoms with Crippen molar-refractivity contribution >= 4 is 17.6 Å². The van der Waals surface area contributed by atoms with E-state index >= 15 is 0 Å². The summed E-state index contributed by atoms with van der Waals surface area (Å²) in [7, 11) is 0. The van der Waals surface area contributed by atoms with E-state index in [9.17, 15) is 25.3 Å². The minimum atomic E-state index is -0.502. The number of pyridine rings is 1. The van der Waals surface area contributed by atoms with Gasteiger partial charge in [0.15, 0.2) is 0 Å². The van der Waals surface area contributed by atoms with Crippen molar-refractivity contribution in [1.82, 2.24) is 4.57 Å². The van der Waals surface area contributed by atoms with E-state index in [-0.39, 0.29) is 28.7 Å². The van der Waals surface area contributed by atoms with Gasteiger partial charge in [-0.15, -0.1) is 0 Å². The monoisotopic (exact) mass is 394 g/mol. The van der Waals surface area contributed by atoms with Gasteiger partial charge in [-0.05, 0) is 37.8 Å². The first-order valence-corrected chi connectivity index (χ1v) is 9.52. The molecule has 0 unspecified atom stereocenters. The number of aromatic hydroxyl groups is 1. The second-order valence-corrected chi connectivity index (χ2v) is 7.30. The summed E-state index contributed by atoms with van der Waals surface area (Å²) in [5, 5.41) is 31.4. The summed E-state index contributed by atoms with van der Waals surface area (Å²) >= 11 is 0. The summed E-state index contributed by atoms with van der Waals surface area (Å²) in [6.07, 6.45) is 5.91. The molecule has 0 bridgehead atoms. The Balaban J connectivity index is 2.14. The van der Waals surface area contributed by atoms with Crippen LogP contribution in [0.2, 0.25) is 0 Å². The minimum Gasteiger partial charge on any atom is -0.494 e. The largest absolute Gasteiger partial charge is 0.494 e. The molecule has 0 atom stereocenters. The lowest BCUT2D eigenvalue weighted by molar-refractivity contribution is -0.384. The lowest BCUT2D eigenvalue weighted by Gasteiger charge is -2.26. The fraction of sp³-hybridized carbons (Fsp3) is 0.381. The predicted molar refractivity (Wildman–Crippen MR) is 109 cm³/mol. The lowest BCUT2D eigenvalue weighted by atomic mass is 9.94. The summed E-state index contributed by atoms with van der Waals surface area (Å²) in [6, 6.07) is 6.14. The SMILES string of the molecule is Cc1ccc([N+](=O)[O-])cc1N=Cc1c(C)c(C#N)c(=O)n(C2CCCCC2)c1O. The summed E-state index contributed by atoms with van der Waals surface area (Å²) in [5.41, 5.74) is 1.13. The van der Waals surface area contributed by atoms with Crippen molar-refractivity contribution in [3.05, 3.63) is 60.9 Å². The molecule has 1 heterocycles. The predicted octanol–water partition coefficient (Wildman–Crippen LogP) is 4.21. The third-order valence-electron chi connectivity index (χ3n) is 5.47. The second-order valence-electron chi connectivity index (χ2n) is 7.30. The van der Waals surface area contributed by atoms with Gasteiger partial charge >= 0.3 is 0 Å². The fourth-order valence-corrected chi connectivity index (χ4v) is 3.76. The van der Waals surface area contributed by atoms with E-state index < -0.39 is 10.5 Å². The van der Waals surface area contributed by atoms with Gasteiger partial charge < -0.3 is 5.11 Å². The van der Waals surface area contributed by atoms with Gasteiger partial charge in [-0.1, -0.05) is 25.3 Å². The van der Waals surface area contributed by atoms with Crippen LogP contribution in [0.25, 0.3) is 0 Å². The first-order valence-electron chi connectivity index (χ1n) is 9.52. The molecular weight excluding hydrogens is 372 g/mol. The highest BCUT2D eigenvalue weighted by atomic mass is 16.6. The first-order chi connectivity index (χ1) is 13.8. The molecule has 0 aliphatic heterocycles. The molecule has 8 nitrogen and oxygen atoms in total. The Labute approximate surface area is 167 Å². The molecule has 2 aromatic rings. The number of rotatable bonds is 4. The summed E-state index contributed by atoms with van der Waals surface area (Å²) in [4.78, 5) is 27.6. The van der Waals surface area contributed by atoms with E-state index in [1.165, 1.54) is 22.9 Å². The normalized spacial score (nSPS) is 14.8. The van der Waals surface area contributed by atoms with Crippen LogP contribution in [0.4, 0.5) is 11.4 Å². The van der Waals surface area contributed by atoms with E-state index in [0.29, 0.717) is 11.3 Å². The Morgan fingerprint density at radius 3 is 2.62 bits per heavy atom. The number of aryl methyl sites for hydroxylation is 1. The second kappa shape index (κ2) is 8.27. The van der Waals surface area contributed by atoms with Gasteiger partial charge in [-0.3, -0.25) is 24.5 Å². The Hall–Kier alpha value is -3.47. The van der Waals surface area contributed by atoms with E-state index in [4.69, 9.17) is 0 Å². The molecule has 0 spiro atoms. The third-order valence-corrected chi connectivity index (χ3v) is 5.47. The molecule has 0 saturated heterocycles. The van der Waals surface area contributed by atoms with Crippen LogP contribution in [0, 0.1) is 35.3 Å². The van der Waals surface area contributed by atoms with Crippen LogP contribution in [0.15, 0.2) is 28.0 Å². The molecule has 150 valence electrons. The van der Waals surface area contributed by atoms with Crippen molar-refractivity contribution in [1.29, 1.82) is 5.26 Å². The first kappa shape index (κ1) is 20.3. The number of nitro benzene ring substituents is 1. The maximum atomic E-state index is 12.8. The van der Waals surface area contributed by atoms with Crippen LogP contribution in [0.1, 0.15) is 60.4 Å². The quantitative estimate of drug-likeness (QED) is 0.473. The van der Waals surface area contributed by atoms with E-state index in [2.05, 4.69) is 4.99 Å². The van der Waals surface area contributed by atoms with Crippen LogP contribution in [-0.4, -0.2) is 20.8 Å². The maximum Gasteiger partial charge on any atom is 0.271 e. The third kappa shape index (κ3) is 3.90. The van der Waals surface area contributed by atoms with Gasteiger partial charge in [0.2, 0.25) is 5.88 Å². The highest BCUT2D eigenvalue weighted by molar-refractivity contribution is 5.87. The molecule has 1 N–H and O–H groups in total. The van der Waals surface area contributed by atoms with Gasteiger partial charge in [-0.25, -0.2) is 0 Å². The Kier molecular flexibility index (Phi) is 5.78. The van der Waals surface area contributed by atoms with Crippen molar-refractivity contribution in [2.24, 2.45) is 4.99 Å². The smallest absolute Gasteiger partial charge is 0.271 e. The molecule has 29 heavy (non-hydrogen) atoms. The summed E-state index contributed by atoms with van der Waals surface area (Å²) in [5.74, 6) is -0.217. The minimum absolute atomic E-state index is 0.0226. The number of hydrogen-bond donors (Lipinski definition) is 1. The average Bonchev–Trinajstić information content (AvgIpc) is 2.70. The average molecular weight is 394 g/mol. The lowest BCUT2D eigenvalue weighted by Crippen LogP contribution is -2.30. The molecule has 1 fully saturated rings. The molecule has 0 radical (unpaired) electrons. The van der Waals surface area contributed by atoms with Crippen molar-refractivity contribution in [2.45, 2.75) is 52.0 Å². The Bertz CT molecular complexity index is 1090. The zero-order valence-corrected chi connectivity index (χ0v) is 16.4. The van der Waals surface area contributed by atoms with Crippen LogP contribution >= 0.6 is 0 Å². The zero-order valence-electron chi connectivity index (χ0n) is 16.4. The maximum absolute atomic E-state index is 12.8. The van der Waals surface area contributed by atoms with Gasteiger partial charge in [0.1, 0.15) is 11.6 Å². The molecular formula is C21H22N4O4. The summed E-state index contributed by atoms with van der Waals surface area (Å²) in [6.45, 7) is 3.36. The Morgan fingerprint density at radius 1 is 1.31 bits per heavy atom. The number of nitriles is 1. The highest BCUT2D eigenvalue weighted by Crippen LogP contribution is 2.32. The van der Waals surface area contributed by atoms with Gasteiger partial charge in [-0.2, -0.15) is 5.26 Å². The van der Waals surface area contributed by atoms with Crippen LogP contribution in [-0.2, 0) is 0 Å². The van der Waals surface area contributed by atoms with E-state index in [1.807, 2.05) is 6.07 Å². The number of benzene rings is 1. The fourth-order valence-electron chi connectivity index (χ4n) is 3.76. The molecule has 1 aliphatic carbocycles. The number of hydrogen-bond acceptors (Lipinski definition) is 6. The van der Waals surface area contributed by atoms with Crippen molar-refractivity contribution in [3.63, 3.8) is 0 Å². The number of aliphatic imine (C=N–C) groups is 1. The molecule has 1 aromatic carbocycles. The standard InChI is InChI=1S/C21H22N4O4/c1-13-8-9-16(25(28)29)10-19(13)23-12-18-14(2)17(11-22)20(26)24(21(18)27)15-6-4-3-5-7-15/h8-10,12,15,27H,3-7H2,1-2H3. The van der Waals surface area contributed by atoms with Gasteiger partial charge in [0.25, 0.3) is 11.2 Å². The molecule has 3 rings (SSSR count). The number of aromatic nitrogens is 1. The van der Waals surface area contributed by atoms with Crippen LogP contribution in [0.3, 0.4) is 0 Å². The van der Waals surface area contributed by atoms with Crippen LogP contribution in [0.5, 0.6) is 5.88 Å². The van der Waals surface area contributed by atoms with E-state index in [1.54, 1.807) is 19.9 Å². The van der Waals surface area contributed by atoms with Gasteiger partial charge in [0, 0.05) is 24.4 Å². The van der Waals surface area contributed by atoms with Crippen molar-refractivity contribution in [3.8, 4) is 11.9 Å². The molecule has 8 heteroatoms.